The van der Waals surface area contributed by atoms with Gasteiger partial charge in [0.05, 0.1) is 0 Å². The molecule has 0 atom stereocenters. The highest BCUT2D eigenvalue weighted by Crippen LogP contribution is 2.14. The lowest BCUT2D eigenvalue weighted by molar-refractivity contribution is 0.573. The van der Waals surface area contributed by atoms with Crippen LogP contribution in [0, 0.1) is 11.6 Å². The first kappa shape index (κ1) is 13.4. The number of hydrogen-bond acceptors (Lipinski definition) is 3. The van der Waals surface area contributed by atoms with Crippen molar-refractivity contribution in [1.82, 2.24) is 9.97 Å². The van der Waals surface area contributed by atoms with Crippen LogP contribution in [0.3, 0.4) is 0 Å². The molecule has 0 fully saturated rings. The quantitative estimate of drug-likeness (QED) is 0.922. The SMILES string of the molecule is CCCc1cc(N)nc(Cc2ccc(F)cc2F)n1. The highest BCUT2D eigenvalue weighted by Gasteiger charge is 2.08. The second-order valence-electron chi connectivity index (χ2n) is 4.36. The van der Waals surface area contributed by atoms with Crippen LogP contribution in [0.15, 0.2) is 24.3 Å². The summed E-state index contributed by atoms with van der Waals surface area (Å²) in [6.45, 7) is 2.04. The minimum Gasteiger partial charge on any atom is -0.384 e. The Morgan fingerprint density at radius 2 is 1.95 bits per heavy atom. The van der Waals surface area contributed by atoms with Crippen molar-refractivity contribution in [2.24, 2.45) is 0 Å². The minimum atomic E-state index is -0.596. The number of aryl methyl sites for hydroxylation is 1. The number of nitrogen functional groups attached to an aromatic ring is 1. The Kier molecular flexibility index (Phi) is 4.04. The van der Waals surface area contributed by atoms with Gasteiger partial charge in [-0.15, -0.1) is 0 Å². The molecule has 0 saturated heterocycles. The molecule has 1 heterocycles. The molecule has 0 bridgehead atoms. The molecule has 2 N–H and O–H groups in total. The summed E-state index contributed by atoms with van der Waals surface area (Å²) in [5.41, 5.74) is 6.90. The van der Waals surface area contributed by atoms with E-state index in [1.165, 1.54) is 12.1 Å². The van der Waals surface area contributed by atoms with Crippen LogP contribution < -0.4 is 5.73 Å². The van der Waals surface area contributed by atoms with Gasteiger partial charge in [0.25, 0.3) is 0 Å². The van der Waals surface area contributed by atoms with Crippen LogP contribution in [-0.2, 0) is 12.8 Å². The number of benzene rings is 1. The predicted molar refractivity (Wildman–Crippen MR) is 69.6 cm³/mol. The summed E-state index contributed by atoms with van der Waals surface area (Å²) in [6.07, 6.45) is 1.94. The molecule has 0 saturated carbocycles. The fourth-order valence-corrected chi connectivity index (χ4v) is 1.87. The monoisotopic (exact) mass is 263 g/mol. The molecule has 0 aliphatic carbocycles. The molecule has 3 nitrogen and oxygen atoms in total. The zero-order chi connectivity index (χ0) is 13.8. The summed E-state index contributed by atoms with van der Waals surface area (Å²) >= 11 is 0. The lowest BCUT2D eigenvalue weighted by Gasteiger charge is -2.06. The molecule has 0 aliphatic rings. The van der Waals surface area contributed by atoms with Gasteiger partial charge in [0.1, 0.15) is 23.3 Å². The van der Waals surface area contributed by atoms with Gasteiger partial charge < -0.3 is 5.73 Å². The van der Waals surface area contributed by atoms with Gasteiger partial charge in [-0.05, 0) is 18.1 Å². The molecule has 100 valence electrons. The lowest BCUT2D eigenvalue weighted by atomic mass is 10.1. The summed E-state index contributed by atoms with van der Waals surface area (Å²) in [7, 11) is 0. The van der Waals surface area contributed by atoms with Crippen LogP contribution in [-0.4, -0.2) is 9.97 Å². The Balaban J connectivity index is 2.27. The highest BCUT2D eigenvalue weighted by molar-refractivity contribution is 5.31. The van der Waals surface area contributed by atoms with Gasteiger partial charge in [-0.2, -0.15) is 0 Å². The third kappa shape index (κ3) is 3.47. The van der Waals surface area contributed by atoms with Crippen molar-refractivity contribution in [2.45, 2.75) is 26.2 Å². The first-order valence-electron chi connectivity index (χ1n) is 6.14. The van der Waals surface area contributed by atoms with Gasteiger partial charge in [-0.1, -0.05) is 19.4 Å². The van der Waals surface area contributed by atoms with Gasteiger partial charge >= 0.3 is 0 Å². The lowest BCUT2D eigenvalue weighted by Crippen LogP contribution is -2.05. The van der Waals surface area contributed by atoms with E-state index in [1.807, 2.05) is 6.92 Å². The number of aromatic nitrogens is 2. The van der Waals surface area contributed by atoms with E-state index in [0.29, 0.717) is 17.2 Å². The van der Waals surface area contributed by atoms with Crippen molar-refractivity contribution in [3.05, 3.63) is 53.0 Å². The summed E-state index contributed by atoms with van der Waals surface area (Å²) in [5.74, 6) is -0.366. The first-order chi connectivity index (χ1) is 9.08. The fourth-order valence-electron chi connectivity index (χ4n) is 1.87. The Morgan fingerprint density at radius 1 is 1.16 bits per heavy atom. The van der Waals surface area contributed by atoms with Crippen molar-refractivity contribution in [2.75, 3.05) is 5.73 Å². The van der Waals surface area contributed by atoms with Crippen molar-refractivity contribution in [3.63, 3.8) is 0 Å². The number of halogens is 2. The average Bonchev–Trinajstić information content (AvgIpc) is 2.32. The maximum Gasteiger partial charge on any atom is 0.135 e. The number of rotatable bonds is 4. The van der Waals surface area contributed by atoms with Crippen LogP contribution in [0.25, 0.3) is 0 Å². The molecule has 0 amide bonds. The van der Waals surface area contributed by atoms with Crippen molar-refractivity contribution in [1.29, 1.82) is 0 Å². The standard InChI is InChI=1S/C14H15F2N3/c1-2-3-11-8-13(17)19-14(18-11)6-9-4-5-10(15)7-12(9)16/h4-5,7-8H,2-3,6H2,1H3,(H2,17,18,19). The van der Waals surface area contributed by atoms with E-state index >= 15 is 0 Å². The van der Waals surface area contributed by atoms with Crippen molar-refractivity contribution >= 4 is 5.82 Å². The molecular weight excluding hydrogens is 248 g/mol. The Hall–Kier alpha value is -2.04. The van der Waals surface area contributed by atoms with E-state index in [4.69, 9.17) is 5.73 Å². The second kappa shape index (κ2) is 5.73. The van der Waals surface area contributed by atoms with Gasteiger partial charge in [-0.25, -0.2) is 18.7 Å². The molecule has 2 rings (SSSR count). The van der Waals surface area contributed by atoms with E-state index in [9.17, 15) is 8.78 Å². The summed E-state index contributed by atoms with van der Waals surface area (Å²) in [4.78, 5) is 8.41. The molecular formula is C14H15F2N3. The smallest absolute Gasteiger partial charge is 0.135 e. The van der Waals surface area contributed by atoms with Crippen LogP contribution in [0.2, 0.25) is 0 Å². The van der Waals surface area contributed by atoms with Crippen molar-refractivity contribution < 1.29 is 8.78 Å². The summed E-state index contributed by atoms with van der Waals surface area (Å²) < 4.78 is 26.4. The highest BCUT2D eigenvalue weighted by atomic mass is 19.1. The molecule has 2 aromatic rings. The predicted octanol–water partition coefficient (Wildman–Crippen LogP) is 2.88. The van der Waals surface area contributed by atoms with Crippen LogP contribution >= 0.6 is 0 Å². The molecule has 0 spiro atoms. The topological polar surface area (TPSA) is 51.8 Å². The van der Waals surface area contributed by atoms with E-state index in [2.05, 4.69) is 9.97 Å². The van der Waals surface area contributed by atoms with E-state index in [-0.39, 0.29) is 6.42 Å². The number of nitrogens with two attached hydrogens (primary N) is 1. The van der Waals surface area contributed by atoms with Gasteiger partial charge in [0, 0.05) is 24.2 Å². The normalized spacial score (nSPS) is 10.7. The molecule has 1 aromatic heterocycles. The minimum absolute atomic E-state index is 0.202. The summed E-state index contributed by atoms with van der Waals surface area (Å²) in [5, 5.41) is 0. The third-order valence-corrected chi connectivity index (χ3v) is 2.72. The summed E-state index contributed by atoms with van der Waals surface area (Å²) in [6, 6.07) is 5.19. The molecule has 19 heavy (non-hydrogen) atoms. The van der Waals surface area contributed by atoms with E-state index in [0.717, 1.165) is 24.6 Å². The van der Waals surface area contributed by atoms with Crippen LogP contribution in [0.4, 0.5) is 14.6 Å². The third-order valence-electron chi connectivity index (χ3n) is 2.72. The van der Waals surface area contributed by atoms with Gasteiger partial charge in [-0.3, -0.25) is 0 Å². The van der Waals surface area contributed by atoms with Crippen LogP contribution in [0.5, 0.6) is 0 Å². The van der Waals surface area contributed by atoms with Crippen molar-refractivity contribution in [3.8, 4) is 0 Å². The molecule has 5 heteroatoms. The van der Waals surface area contributed by atoms with E-state index < -0.39 is 11.6 Å². The van der Waals surface area contributed by atoms with E-state index in [1.54, 1.807) is 6.07 Å². The van der Waals surface area contributed by atoms with Crippen LogP contribution in [0.1, 0.15) is 30.4 Å². The van der Waals surface area contributed by atoms with Gasteiger partial charge in [0.15, 0.2) is 0 Å². The molecule has 1 aromatic carbocycles. The van der Waals surface area contributed by atoms with Gasteiger partial charge in [0.2, 0.25) is 0 Å². The number of hydrogen-bond donors (Lipinski definition) is 1. The zero-order valence-corrected chi connectivity index (χ0v) is 10.7. The maximum atomic E-state index is 13.6. The first-order valence-corrected chi connectivity index (χ1v) is 6.14. The zero-order valence-electron chi connectivity index (χ0n) is 10.7. The molecule has 0 unspecified atom stereocenters. The maximum absolute atomic E-state index is 13.6. The fraction of sp³-hybridized carbons (Fsp3) is 0.286. The second-order valence-corrected chi connectivity index (χ2v) is 4.36. The Bertz CT molecular complexity index is 585. The molecule has 0 radical (unpaired) electrons. The molecule has 0 aliphatic heterocycles. The Labute approximate surface area is 110 Å². The number of anilines is 1. The Morgan fingerprint density at radius 3 is 2.63 bits per heavy atom. The average molecular weight is 263 g/mol. The number of nitrogens with zero attached hydrogens (tertiary/aromatic N) is 2. The largest absolute Gasteiger partial charge is 0.384 e.